The fourth-order valence-corrected chi connectivity index (χ4v) is 3.48. The Morgan fingerprint density at radius 2 is 1.57 bits per heavy atom. The van der Waals surface area contributed by atoms with Gasteiger partial charge in [-0.25, -0.2) is 9.18 Å². The van der Waals surface area contributed by atoms with E-state index in [0.717, 1.165) is 17.8 Å². The van der Waals surface area contributed by atoms with Crippen LogP contribution in [-0.2, 0) is 0 Å². The molecule has 0 saturated heterocycles. The molecule has 1 N–H and O–H groups in total. The Labute approximate surface area is 162 Å². The summed E-state index contributed by atoms with van der Waals surface area (Å²) >= 11 is 0.871. The van der Waals surface area contributed by atoms with Crippen LogP contribution in [0.4, 0.5) is 10.1 Å². The number of hydrogen-bond donors (Lipinski definition) is 1. The maximum Gasteiger partial charge on any atom is 0.336 e. The first-order valence-electron chi connectivity index (χ1n) is 7.96. The molecule has 140 valence electrons. The van der Waals surface area contributed by atoms with Crippen molar-refractivity contribution in [2.45, 2.75) is 9.79 Å². The van der Waals surface area contributed by atoms with Crippen LogP contribution in [0.2, 0.25) is 0 Å². The Balaban J connectivity index is 2.02. The molecule has 0 radical (unpaired) electrons. The van der Waals surface area contributed by atoms with Crippen LogP contribution in [-0.4, -0.2) is 21.8 Å². The quantitative estimate of drug-likeness (QED) is 0.364. The van der Waals surface area contributed by atoms with Crippen LogP contribution in [0, 0.1) is 15.9 Å². The third-order valence-electron chi connectivity index (χ3n) is 3.88. The number of carboxylic acids is 1. The summed E-state index contributed by atoms with van der Waals surface area (Å²) in [5, 5.41) is 20.7. The molecule has 0 spiro atoms. The lowest BCUT2D eigenvalue weighted by Crippen LogP contribution is -2.10. The van der Waals surface area contributed by atoms with E-state index in [2.05, 4.69) is 0 Å². The van der Waals surface area contributed by atoms with Crippen molar-refractivity contribution in [3.63, 3.8) is 0 Å². The van der Waals surface area contributed by atoms with E-state index in [1.807, 2.05) is 0 Å². The summed E-state index contributed by atoms with van der Waals surface area (Å²) in [4.78, 5) is 35.2. The highest BCUT2D eigenvalue weighted by atomic mass is 32.2. The second-order valence-corrected chi connectivity index (χ2v) is 6.74. The van der Waals surface area contributed by atoms with Crippen molar-refractivity contribution >= 4 is 29.2 Å². The summed E-state index contributed by atoms with van der Waals surface area (Å²) in [5.74, 6) is -2.44. The highest BCUT2D eigenvalue weighted by Crippen LogP contribution is 2.36. The van der Waals surface area contributed by atoms with Crippen LogP contribution < -0.4 is 0 Å². The largest absolute Gasteiger partial charge is 0.478 e. The maximum atomic E-state index is 13.9. The van der Waals surface area contributed by atoms with Crippen molar-refractivity contribution in [3.8, 4) is 0 Å². The predicted molar refractivity (Wildman–Crippen MR) is 100 cm³/mol. The number of carbonyl (C=O) groups excluding carboxylic acids is 1. The van der Waals surface area contributed by atoms with Gasteiger partial charge in [0, 0.05) is 22.1 Å². The summed E-state index contributed by atoms with van der Waals surface area (Å²) in [6.45, 7) is 0. The number of carbonyl (C=O) groups is 2. The van der Waals surface area contributed by atoms with Crippen LogP contribution in [0.1, 0.15) is 26.3 Å². The lowest BCUT2D eigenvalue weighted by molar-refractivity contribution is -0.387. The molecule has 0 aliphatic carbocycles. The SMILES string of the molecule is O=C(O)c1ccccc1C(=O)c1ccc(Sc2ccccc2F)c([N+](=O)[O-])c1. The number of hydrogen-bond acceptors (Lipinski definition) is 5. The van der Waals surface area contributed by atoms with Gasteiger partial charge in [-0.2, -0.15) is 0 Å². The molecule has 0 amide bonds. The average molecular weight is 397 g/mol. The number of nitro benzene ring substituents is 1. The van der Waals surface area contributed by atoms with E-state index in [1.165, 1.54) is 54.6 Å². The number of nitrogens with zero attached hydrogens (tertiary/aromatic N) is 1. The summed E-state index contributed by atoms with van der Waals surface area (Å²) in [7, 11) is 0. The number of rotatable bonds is 6. The normalized spacial score (nSPS) is 10.5. The van der Waals surface area contributed by atoms with E-state index in [9.17, 15) is 29.2 Å². The lowest BCUT2D eigenvalue weighted by atomic mass is 9.98. The summed E-state index contributed by atoms with van der Waals surface area (Å²) < 4.78 is 13.9. The first-order valence-corrected chi connectivity index (χ1v) is 8.78. The second kappa shape index (κ2) is 8.01. The number of aromatic carboxylic acids is 1. The van der Waals surface area contributed by atoms with Crippen molar-refractivity contribution in [2.75, 3.05) is 0 Å². The van der Waals surface area contributed by atoms with Gasteiger partial charge in [0.2, 0.25) is 0 Å². The average Bonchev–Trinajstić information content (AvgIpc) is 2.69. The number of halogens is 1. The molecular weight excluding hydrogens is 385 g/mol. The van der Waals surface area contributed by atoms with Crippen molar-refractivity contribution in [1.29, 1.82) is 0 Å². The molecule has 0 atom stereocenters. The monoisotopic (exact) mass is 397 g/mol. The highest BCUT2D eigenvalue weighted by molar-refractivity contribution is 7.99. The zero-order valence-corrected chi connectivity index (χ0v) is 15.0. The molecule has 0 aliphatic rings. The summed E-state index contributed by atoms with van der Waals surface area (Å²) in [5.41, 5.74) is -0.663. The van der Waals surface area contributed by atoms with Crippen molar-refractivity contribution in [3.05, 3.63) is 99.4 Å². The third-order valence-corrected chi connectivity index (χ3v) is 4.99. The zero-order valence-electron chi connectivity index (χ0n) is 14.2. The van der Waals surface area contributed by atoms with Gasteiger partial charge >= 0.3 is 5.97 Å². The Bertz CT molecular complexity index is 1100. The lowest BCUT2D eigenvalue weighted by Gasteiger charge is -2.08. The highest BCUT2D eigenvalue weighted by Gasteiger charge is 2.22. The van der Waals surface area contributed by atoms with Crippen LogP contribution in [0.3, 0.4) is 0 Å². The maximum absolute atomic E-state index is 13.9. The fourth-order valence-electron chi connectivity index (χ4n) is 2.56. The molecule has 0 fully saturated rings. The Morgan fingerprint density at radius 1 is 0.929 bits per heavy atom. The Hall–Kier alpha value is -3.52. The van der Waals surface area contributed by atoms with Crippen molar-refractivity contribution in [1.82, 2.24) is 0 Å². The van der Waals surface area contributed by atoms with Crippen molar-refractivity contribution < 1.29 is 24.0 Å². The number of benzene rings is 3. The molecule has 0 heterocycles. The van der Waals surface area contributed by atoms with Crippen LogP contribution in [0.5, 0.6) is 0 Å². The van der Waals surface area contributed by atoms with E-state index >= 15 is 0 Å². The molecule has 0 aliphatic heterocycles. The van der Waals surface area contributed by atoms with E-state index in [0.29, 0.717) is 0 Å². The minimum Gasteiger partial charge on any atom is -0.478 e. The molecule has 3 aromatic carbocycles. The molecule has 0 aromatic heterocycles. The molecule has 3 rings (SSSR count). The smallest absolute Gasteiger partial charge is 0.336 e. The van der Waals surface area contributed by atoms with E-state index in [-0.39, 0.29) is 32.2 Å². The molecule has 6 nitrogen and oxygen atoms in total. The van der Waals surface area contributed by atoms with Gasteiger partial charge in [0.1, 0.15) is 5.82 Å². The molecular formula is C20H12FNO5S. The summed E-state index contributed by atoms with van der Waals surface area (Å²) in [6, 6.07) is 15.3. The minimum atomic E-state index is -1.27. The van der Waals surface area contributed by atoms with E-state index in [1.54, 1.807) is 6.07 Å². The Morgan fingerprint density at radius 3 is 2.21 bits per heavy atom. The molecule has 3 aromatic rings. The van der Waals surface area contributed by atoms with Gasteiger partial charge in [-0.3, -0.25) is 14.9 Å². The first kappa shape index (κ1) is 19.2. The topological polar surface area (TPSA) is 97.5 Å². The standard InChI is InChI=1S/C20H12FNO5S/c21-15-7-3-4-8-17(15)28-18-10-9-12(11-16(18)22(26)27)19(23)13-5-1-2-6-14(13)20(24)25/h1-11H,(H,24,25). The van der Waals surface area contributed by atoms with E-state index < -0.39 is 22.5 Å². The number of carboxylic acid groups (broad SMARTS) is 1. The number of ketones is 1. The first-order chi connectivity index (χ1) is 13.4. The molecule has 0 bridgehead atoms. The van der Waals surface area contributed by atoms with Gasteiger partial charge in [0.05, 0.1) is 15.4 Å². The molecule has 8 heteroatoms. The van der Waals surface area contributed by atoms with Gasteiger partial charge in [0.25, 0.3) is 5.69 Å². The number of nitro groups is 1. The fraction of sp³-hybridized carbons (Fsp3) is 0. The van der Waals surface area contributed by atoms with Crippen LogP contribution in [0.15, 0.2) is 76.5 Å². The van der Waals surface area contributed by atoms with Crippen LogP contribution >= 0.6 is 11.8 Å². The second-order valence-electron chi connectivity index (χ2n) is 5.65. The molecule has 0 unspecified atom stereocenters. The van der Waals surface area contributed by atoms with E-state index in [4.69, 9.17) is 0 Å². The molecule has 0 saturated carbocycles. The van der Waals surface area contributed by atoms with Gasteiger partial charge in [0.15, 0.2) is 5.78 Å². The van der Waals surface area contributed by atoms with Gasteiger partial charge < -0.3 is 5.11 Å². The minimum absolute atomic E-state index is 0.0294. The predicted octanol–water partition coefficient (Wildman–Crippen LogP) is 4.81. The van der Waals surface area contributed by atoms with Crippen molar-refractivity contribution in [2.24, 2.45) is 0 Å². The third kappa shape index (κ3) is 3.91. The molecule has 28 heavy (non-hydrogen) atoms. The van der Waals surface area contributed by atoms with Gasteiger partial charge in [-0.15, -0.1) is 0 Å². The zero-order chi connectivity index (χ0) is 20.3. The van der Waals surface area contributed by atoms with Gasteiger partial charge in [-0.05, 0) is 30.3 Å². The summed E-state index contributed by atoms with van der Waals surface area (Å²) in [6.07, 6.45) is 0. The van der Waals surface area contributed by atoms with Gasteiger partial charge in [-0.1, -0.05) is 42.1 Å². The Kier molecular flexibility index (Phi) is 5.51. The van der Waals surface area contributed by atoms with Crippen LogP contribution in [0.25, 0.3) is 0 Å².